The zero-order valence-electron chi connectivity index (χ0n) is 15.4. The molecule has 1 saturated carbocycles. The number of benzene rings is 1. The van der Waals surface area contributed by atoms with Crippen LogP contribution in [0.1, 0.15) is 83.3 Å². The van der Waals surface area contributed by atoms with Crippen LogP contribution in [0.2, 0.25) is 0 Å². The molecule has 0 heteroatoms. The van der Waals surface area contributed by atoms with E-state index in [1.165, 1.54) is 44.1 Å². The lowest BCUT2D eigenvalue weighted by Gasteiger charge is -2.33. The predicted octanol–water partition coefficient (Wildman–Crippen LogP) is 6.98. The first-order chi connectivity index (χ1) is 10.5. The molecule has 0 spiro atoms. The van der Waals surface area contributed by atoms with Crippen molar-refractivity contribution in [1.29, 1.82) is 0 Å². The van der Waals surface area contributed by atoms with Crippen LogP contribution in [0.25, 0.3) is 0 Å². The Morgan fingerprint density at radius 1 is 1.00 bits per heavy atom. The highest BCUT2D eigenvalue weighted by Crippen LogP contribution is 2.41. The van der Waals surface area contributed by atoms with Crippen molar-refractivity contribution in [3.63, 3.8) is 0 Å². The standard InChI is InChI=1S/C22H36/c1-16(2)14-21-15-18(4)8-6-7-9-22(19(21)5)20-12-10-17(3)11-13-20/h10-13,16,18-19,21-22H,6-9,14-15H2,1-5H3. The summed E-state index contributed by atoms with van der Waals surface area (Å²) >= 11 is 0. The summed E-state index contributed by atoms with van der Waals surface area (Å²) in [5, 5.41) is 0. The van der Waals surface area contributed by atoms with Crippen LogP contribution in [0, 0.1) is 30.6 Å². The van der Waals surface area contributed by atoms with E-state index in [2.05, 4.69) is 58.9 Å². The van der Waals surface area contributed by atoms with Gasteiger partial charge in [-0.3, -0.25) is 0 Å². The van der Waals surface area contributed by atoms with Gasteiger partial charge < -0.3 is 0 Å². The van der Waals surface area contributed by atoms with Crippen LogP contribution in [-0.4, -0.2) is 0 Å². The average Bonchev–Trinajstić information content (AvgIpc) is 2.52. The fraction of sp³-hybridized carbons (Fsp3) is 0.727. The molecule has 4 unspecified atom stereocenters. The highest BCUT2D eigenvalue weighted by molar-refractivity contribution is 5.25. The van der Waals surface area contributed by atoms with Crippen LogP contribution in [0.15, 0.2) is 24.3 Å². The molecule has 0 bridgehead atoms. The normalized spacial score (nSPS) is 30.6. The maximum atomic E-state index is 2.54. The molecule has 22 heavy (non-hydrogen) atoms. The molecule has 1 aliphatic carbocycles. The van der Waals surface area contributed by atoms with Crippen molar-refractivity contribution in [2.24, 2.45) is 23.7 Å². The van der Waals surface area contributed by atoms with Crippen molar-refractivity contribution in [2.45, 2.75) is 79.1 Å². The Bertz CT molecular complexity index is 428. The lowest BCUT2D eigenvalue weighted by atomic mass is 9.72. The highest BCUT2D eigenvalue weighted by Gasteiger charge is 2.29. The van der Waals surface area contributed by atoms with E-state index in [4.69, 9.17) is 0 Å². The topological polar surface area (TPSA) is 0 Å². The molecule has 1 aromatic rings. The van der Waals surface area contributed by atoms with Gasteiger partial charge in [-0.25, -0.2) is 0 Å². The number of rotatable bonds is 3. The molecule has 0 nitrogen and oxygen atoms in total. The minimum atomic E-state index is 0.759. The summed E-state index contributed by atoms with van der Waals surface area (Å²) in [5.41, 5.74) is 2.97. The molecule has 0 aromatic heterocycles. The molecule has 1 fully saturated rings. The van der Waals surface area contributed by atoms with Crippen molar-refractivity contribution < 1.29 is 0 Å². The Kier molecular flexibility index (Phi) is 6.53. The minimum Gasteiger partial charge on any atom is -0.0628 e. The van der Waals surface area contributed by atoms with E-state index in [0.717, 1.165) is 29.6 Å². The van der Waals surface area contributed by atoms with E-state index in [1.54, 1.807) is 5.56 Å². The quantitative estimate of drug-likeness (QED) is 0.565. The first kappa shape index (κ1) is 17.6. The second kappa shape index (κ2) is 8.18. The molecule has 1 aliphatic rings. The van der Waals surface area contributed by atoms with E-state index in [0.29, 0.717) is 0 Å². The molecule has 1 aromatic carbocycles. The number of hydrogen-bond acceptors (Lipinski definition) is 0. The summed E-state index contributed by atoms with van der Waals surface area (Å²) in [6.07, 6.45) is 8.47. The zero-order valence-corrected chi connectivity index (χ0v) is 15.4. The van der Waals surface area contributed by atoms with Crippen molar-refractivity contribution in [3.05, 3.63) is 35.4 Å². The first-order valence-corrected chi connectivity index (χ1v) is 9.54. The molecule has 0 heterocycles. The van der Waals surface area contributed by atoms with Crippen LogP contribution in [0.3, 0.4) is 0 Å². The van der Waals surface area contributed by atoms with Gasteiger partial charge in [-0.2, -0.15) is 0 Å². The predicted molar refractivity (Wildman–Crippen MR) is 98.3 cm³/mol. The van der Waals surface area contributed by atoms with Gasteiger partial charge >= 0.3 is 0 Å². The van der Waals surface area contributed by atoms with Crippen LogP contribution in [0.4, 0.5) is 0 Å². The van der Waals surface area contributed by atoms with Crippen molar-refractivity contribution >= 4 is 0 Å². The summed E-state index contributed by atoms with van der Waals surface area (Å²) in [4.78, 5) is 0. The maximum absolute atomic E-state index is 2.54. The van der Waals surface area contributed by atoms with Gasteiger partial charge in [0, 0.05) is 0 Å². The van der Waals surface area contributed by atoms with Crippen LogP contribution < -0.4 is 0 Å². The summed E-state index contributed by atoms with van der Waals surface area (Å²) < 4.78 is 0. The van der Waals surface area contributed by atoms with E-state index >= 15 is 0 Å². The first-order valence-electron chi connectivity index (χ1n) is 9.54. The highest BCUT2D eigenvalue weighted by atomic mass is 14.3. The molecule has 124 valence electrons. The monoisotopic (exact) mass is 300 g/mol. The van der Waals surface area contributed by atoms with Gasteiger partial charge in [0.1, 0.15) is 0 Å². The van der Waals surface area contributed by atoms with Crippen LogP contribution in [-0.2, 0) is 0 Å². The SMILES string of the molecule is Cc1ccc(C2CCCCC(C)CC(CC(C)C)C2C)cc1. The molecule has 0 radical (unpaired) electrons. The molecule has 0 saturated heterocycles. The molecule has 0 amide bonds. The molecule has 4 atom stereocenters. The number of aryl methyl sites for hydroxylation is 1. The van der Waals surface area contributed by atoms with Crippen molar-refractivity contribution in [3.8, 4) is 0 Å². The zero-order chi connectivity index (χ0) is 16.1. The minimum absolute atomic E-state index is 0.759. The lowest BCUT2D eigenvalue weighted by molar-refractivity contribution is 0.219. The van der Waals surface area contributed by atoms with E-state index in [1.807, 2.05) is 0 Å². The largest absolute Gasteiger partial charge is 0.0628 e. The molecular weight excluding hydrogens is 264 g/mol. The Morgan fingerprint density at radius 2 is 1.64 bits per heavy atom. The van der Waals surface area contributed by atoms with Crippen LogP contribution >= 0.6 is 0 Å². The Labute approximate surface area is 138 Å². The van der Waals surface area contributed by atoms with Gasteiger partial charge in [0.15, 0.2) is 0 Å². The van der Waals surface area contributed by atoms with E-state index in [-0.39, 0.29) is 0 Å². The average molecular weight is 301 g/mol. The Hall–Kier alpha value is -0.780. The molecular formula is C22H36. The Balaban J connectivity index is 2.23. The molecule has 0 aliphatic heterocycles. The maximum Gasteiger partial charge on any atom is -0.0134 e. The van der Waals surface area contributed by atoms with E-state index in [9.17, 15) is 0 Å². The lowest BCUT2D eigenvalue weighted by Crippen LogP contribution is -2.22. The fourth-order valence-corrected chi connectivity index (χ4v) is 4.50. The third-order valence-corrected chi connectivity index (χ3v) is 5.83. The molecule has 2 rings (SSSR count). The van der Waals surface area contributed by atoms with Gasteiger partial charge in [0.25, 0.3) is 0 Å². The third-order valence-electron chi connectivity index (χ3n) is 5.83. The smallest absolute Gasteiger partial charge is 0.0134 e. The van der Waals surface area contributed by atoms with Gasteiger partial charge in [0.2, 0.25) is 0 Å². The van der Waals surface area contributed by atoms with Gasteiger partial charge in [0.05, 0.1) is 0 Å². The van der Waals surface area contributed by atoms with Crippen molar-refractivity contribution in [2.75, 3.05) is 0 Å². The number of hydrogen-bond donors (Lipinski definition) is 0. The fourth-order valence-electron chi connectivity index (χ4n) is 4.50. The second-order valence-electron chi connectivity index (χ2n) is 8.39. The van der Waals surface area contributed by atoms with E-state index < -0.39 is 0 Å². The van der Waals surface area contributed by atoms with Gasteiger partial charge in [-0.05, 0) is 61.3 Å². The second-order valence-corrected chi connectivity index (χ2v) is 8.39. The summed E-state index contributed by atoms with van der Waals surface area (Å²) in [6, 6.07) is 9.39. The summed E-state index contributed by atoms with van der Waals surface area (Å²) in [7, 11) is 0. The Morgan fingerprint density at radius 3 is 2.27 bits per heavy atom. The van der Waals surface area contributed by atoms with Gasteiger partial charge in [-0.1, -0.05) is 76.8 Å². The third kappa shape index (κ3) is 4.86. The summed E-state index contributed by atoms with van der Waals surface area (Å²) in [5.74, 6) is 4.18. The van der Waals surface area contributed by atoms with Crippen LogP contribution in [0.5, 0.6) is 0 Å². The summed E-state index contributed by atoms with van der Waals surface area (Å²) in [6.45, 7) is 12.0. The van der Waals surface area contributed by atoms with Gasteiger partial charge in [-0.15, -0.1) is 0 Å². The molecule has 0 N–H and O–H groups in total. The van der Waals surface area contributed by atoms with Crippen molar-refractivity contribution in [1.82, 2.24) is 0 Å².